The van der Waals surface area contributed by atoms with Gasteiger partial charge in [0, 0.05) is 6.07 Å². The molecular weight excluding hydrogens is 356 g/mol. The van der Waals surface area contributed by atoms with Gasteiger partial charge in [0.15, 0.2) is 10.3 Å². The number of hydrogen-bond donors (Lipinski definition) is 2. The van der Waals surface area contributed by atoms with E-state index in [0.717, 1.165) is 15.8 Å². The average molecular weight is 374 g/mol. The molecule has 6 nitrogen and oxygen atoms in total. The van der Waals surface area contributed by atoms with Crippen LogP contribution in [0.2, 0.25) is 0 Å². The van der Waals surface area contributed by atoms with Crippen LogP contribution in [-0.4, -0.2) is 26.6 Å². The molecule has 3 aromatic rings. The fourth-order valence-corrected chi connectivity index (χ4v) is 3.85. The van der Waals surface area contributed by atoms with Gasteiger partial charge in [0.25, 0.3) is 5.56 Å². The summed E-state index contributed by atoms with van der Waals surface area (Å²) in [4.78, 5) is 35.2. The summed E-state index contributed by atoms with van der Waals surface area (Å²) in [6, 6.07) is 7.46. The van der Waals surface area contributed by atoms with Gasteiger partial charge in [-0.2, -0.15) is 0 Å². The first-order chi connectivity index (χ1) is 11.9. The van der Waals surface area contributed by atoms with Crippen LogP contribution in [0.25, 0.3) is 10.2 Å². The lowest BCUT2D eigenvalue weighted by Gasteiger charge is -2.06. The van der Waals surface area contributed by atoms with E-state index in [1.54, 1.807) is 0 Å². The van der Waals surface area contributed by atoms with E-state index in [1.165, 1.54) is 29.2 Å². The molecule has 0 aliphatic heterocycles. The molecule has 0 fully saturated rings. The maximum absolute atomic E-state index is 12.1. The lowest BCUT2D eigenvalue weighted by Crippen LogP contribution is -2.16. The number of aromatic nitrogens is 3. The molecule has 1 amide bonds. The molecule has 1 aromatic carbocycles. The molecule has 25 heavy (non-hydrogen) atoms. The van der Waals surface area contributed by atoms with Crippen LogP contribution in [-0.2, 0) is 4.79 Å². The number of carbonyl (C=O) groups is 1. The van der Waals surface area contributed by atoms with Crippen LogP contribution in [0.3, 0.4) is 0 Å². The molecule has 0 atom stereocenters. The SMILES string of the molecule is Cc1ccc2nc(NC(=O)CSc3nc(C(C)C)cc(=O)[nH]3)sc2c1. The van der Waals surface area contributed by atoms with Crippen molar-refractivity contribution < 1.29 is 4.79 Å². The number of nitrogens with one attached hydrogen (secondary N) is 2. The fourth-order valence-electron chi connectivity index (χ4n) is 2.19. The third kappa shape index (κ3) is 4.46. The van der Waals surface area contributed by atoms with Crippen LogP contribution in [0.1, 0.15) is 31.0 Å². The Morgan fingerprint density at radius 2 is 2.12 bits per heavy atom. The topological polar surface area (TPSA) is 87.7 Å². The number of H-pyrrole nitrogens is 1. The number of nitrogens with zero attached hydrogens (tertiary/aromatic N) is 2. The van der Waals surface area contributed by atoms with E-state index < -0.39 is 0 Å². The molecule has 0 saturated heterocycles. The van der Waals surface area contributed by atoms with E-state index in [-0.39, 0.29) is 23.1 Å². The minimum absolute atomic E-state index is 0.152. The minimum atomic E-state index is -0.205. The van der Waals surface area contributed by atoms with Gasteiger partial charge >= 0.3 is 0 Å². The molecule has 0 saturated carbocycles. The van der Waals surface area contributed by atoms with Crippen LogP contribution in [0.15, 0.2) is 34.2 Å². The number of anilines is 1. The first-order valence-corrected chi connectivity index (χ1v) is 9.62. The highest BCUT2D eigenvalue weighted by Crippen LogP contribution is 2.27. The first kappa shape index (κ1) is 17.6. The summed E-state index contributed by atoms with van der Waals surface area (Å²) in [6.45, 7) is 5.96. The zero-order valence-electron chi connectivity index (χ0n) is 14.1. The summed E-state index contributed by atoms with van der Waals surface area (Å²) in [7, 11) is 0. The van der Waals surface area contributed by atoms with Gasteiger partial charge in [-0.1, -0.05) is 43.0 Å². The van der Waals surface area contributed by atoms with Crippen molar-refractivity contribution in [2.24, 2.45) is 0 Å². The summed E-state index contributed by atoms with van der Waals surface area (Å²) >= 11 is 2.65. The predicted octanol–water partition coefficient (Wildman–Crippen LogP) is 3.54. The van der Waals surface area contributed by atoms with Gasteiger partial charge in [-0.3, -0.25) is 9.59 Å². The van der Waals surface area contributed by atoms with Crippen LogP contribution in [0, 0.1) is 6.92 Å². The second-order valence-electron chi connectivity index (χ2n) is 5.96. The van der Waals surface area contributed by atoms with Gasteiger partial charge in [0.05, 0.1) is 21.7 Å². The Hall–Kier alpha value is -2.19. The number of amides is 1. The Labute approximate surface area is 153 Å². The Morgan fingerprint density at radius 3 is 2.88 bits per heavy atom. The lowest BCUT2D eigenvalue weighted by molar-refractivity contribution is -0.113. The second-order valence-corrected chi connectivity index (χ2v) is 7.95. The van der Waals surface area contributed by atoms with Crippen LogP contribution in [0.4, 0.5) is 5.13 Å². The minimum Gasteiger partial charge on any atom is -0.301 e. The molecule has 0 spiro atoms. The van der Waals surface area contributed by atoms with Gasteiger partial charge in [0.2, 0.25) is 5.91 Å². The number of thiazole rings is 1. The van der Waals surface area contributed by atoms with Crippen molar-refractivity contribution in [3.05, 3.63) is 45.9 Å². The van der Waals surface area contributed by atoms with E-state index in [1.807, 2.05) is 39.0 Å². The van der Waals surface area contributed by atoms with Gasteiger partial charge in [-0.25, -0.2) is 9.97 Å². The highest BCUT2D eigenvalue weighted by molar-refractivity contribution is 7.99. The van der Waals surface area contributed by atoms with Crippen LogP contribution < -0.4 is 10.9 Å². The quantitative estimate of drug-likeness (QED) is 0.527. The van der Waals surface area contributed by atoms with Crippen LogP contribution >= 0.6 is 23.1 Å². The summed E-state index contributed by atoms with van der Waals surface area (Å²) in [5, 5.41) is 3.82. The molecule has 2 aromatic heterocycles. The van der Waals surface area contributed by atoms with Crippen molar-refractivity contribution in [3.63, 3.8) is 0 Å². The summed E-state index contributed by atoms with van der Waals surface area (Å²) in [5.74, 6) is 0.125. The number of aryl methyl sites for hydroxylation is 1. The highest BCUT2D eigenvalue weighted by atomic mass is 32.2. The largest absolute Gasteiger partial charge is 0.301 e. The van der Waals surface area contributed by atoms with Crippen LogP contribution in [0.5, 0.6) is 0 Å². The highest BCUT2D eigenvalue weighted by Gasteiger charge is 2.11. The smallest absolute Gasteiger partial charge is 0.251 e. The van der Waals surface area contributed by atoms with Crippen molar-refractivity contribution in [2.45, 2.75) is 31.8 Å². The monoisotopic (exact) mass is 374 g/mol. The second kappa shape index (κ2) is 7.37. The third-order valence-corrected chi connectivity index (χ3v) is 5.27. The van der Waals surface area contributed by atoms with Crippen molar-refractivity contribution in [2.75, 3.05) is 11.1 Å². The number of rotatable bonds is 5. The summed E-state index contributed by atoms with van der Waals surface area (Å²) < 4.78 is 1.04. The Morgan fingerprint density at radius 1 is 1.32 bits per heavy atom. The number of hydrogen-bond acceptors (Lipinski definition) is 6. The van der Waals surface area contributed by atoms with E-state index >= 15 is 0 Å². The van der Waals surface area contributed by atoms with Crippen molar-refractivity contribution in [1.82, 2.24) is 15.0 Å². The number of thioether (sulfide) groups is 1. The molecule has 0 aliphatic rings. The normalized spacial score (nSPS) is 11.2. The maximum Gasteiger partial charge on any atom is 0.251 e. The molecule has 3 rings (SSSR count). The molecule has 0 radical (unpaired) electrons. The van der Waals surface area contributed by atoms with Crippen molar-refractivity contribution in [1.29, 1.82) is 0 Å². The number of benzene rings is 1. The molecule has 2 heterocycles. The lowest BCUT2D eigenvalue weighted by atomic mass is 10.1. The Balaban J connectivity index is 1.65. The number of carbonyl (C=O) groups excluding carboxylic acids is 1. The Kier molecular flexibility index (Phi) is 5.19. The number of fused-ring (bicyclic) bond motifs is 1. The van der Waals surface area contributed by atoms with Crippen molar-refractivity contribution >= 4 is 44.4 Å². The van der Waals surface area contributed by atoms with E-state index in [9.17, 15) is 9.59 Å². The Bertz CT molecular complexity index is 978. The first-order valence-electron chi connectivity index (χ1n) is 7.82. The van der Waals surface area contributed by atoms with Gasteiger partial charge in [-0.15, -0.1) is 0 Å². The zero-order valence-corrected chi connectivity index (χ0v) is 15.8. The zero-order chi connectivity index (χ0) is 18.0. The van der Waals surface area contributed by atoms with Gasteiger partial charge in [0.1, 0.15) is 0 Å². The van der Waals surface area contributed by atoms with Gasteiger partial charge in [-0.05, 0) is 30.5 Å². The molecule has 0 unspecified atom stereocenters. The summed E-state index contributed by atoms with van der Waals surface area (Å²) in [5.41, 5.74) is 2.54. The predicted molar refractivity (Wildman–Crippen MR) is 103 cm³/mol. The van der Waals surface area contributed by atoms with E-state index in [4.69, 9.17) is 0 Å². The van der Waals surface area contributed by atoms with Gasteiger partial charge < -0.3 is 10.3 Å². The standard InChI is InChI=1S/C17H18N4O2S2/c1-9(2)12-7-14(22)20-16(19-12)24-8-15(23)21-17-18-11-5-4-10(3)6-13(11)25-17/h4-7,9H,8H2,1-3H3,(H,18,21,23)(H,19,20,22). The molecular formula is C17H18N4O2S2. The molecule has 2 N–H and O–H groups in total. The molecule has 8 heteroatoms. The third-order valence-electron chi connectivity index (χ3n) is 3.46. The molecule has 130 valence electrons. The molecule has 0 aliphatic carbocycles. The maximum atomic E-state index is 12.1. The fraction of sp³-hybridized carbons (Fsp3) is 0.294. The summed E-state index contributed by atoms with van der Waals surface area (Å²) in [6.07, 6.45) is 0. The molecule has 0 bridgehead atoms. The van der Waals surface area contributed by atoms with E-state index in [2.05, 4.69) is 20.3 Å². The number of aromatic amines is 1. The van der Waals surface area contributed by atoms with Crippen molar-refractivity contribution in [3.8, 4) is 0 Å². The average Bonchev–Trinajstić information content (AvgIpc) is 2.93. The van der Waals surface area contributed by atoms with E-state index in [0.29, 0.717) is 16.0 Å².